The van der Waals surface area contributed by atoms with Crippen molar-refractivity contribution in [2.75, 3.05) is 11.9 Å². The second-order valence-corrected chi connectivity index (χ2v) is 3.38. The summed E-state index contributed by atoms with van der Waals surface area (Å²) >= 11 is 0. The predicted molar refractivity (Wildman–Crippen MR) is 65.4 cm³/mol. The molecule has 0 unspecified atom stereocenters. The van der Waals surface area contributed by atoms with Gasteiger partial charge in [-0.1, -0.05) is 6.20 Å². The average molecular weight is 296 g/mol. The number of pyridine rings is 1. The molecule has 0 N–H and O–H groups in total. The Morgan fingerprint density at radius 3 is 2.67 bits per heavy atom. The van der Waals surface area contributed by atoms with E-state index in [2.05, 4.69) is 16.3 Å². The Hall–Kier alpha value is -1.55. The van der Waals surface area contributed by atoms with Gasteiger partial charge in [-0.3, -0.25) is 9.78 Å². The topological polar surface area (TPSA) is 51.0 Å². The van der Waals surface area contributed by atoms with E-state index in [1.807, 2.05) is 6.07 Å². The molecule has 90 valence electrons. The molecule has 0 bridgehead atoms. The first-order valence-electron chi connectivity index (χ1n) is 4.77. The molecule has 0 saturated heterocycles. The number of aryl methyl sites for hydroxylation is 1. The molecule has 0 aliphatic heterocycles. The molecule has 2 rings (SSSR count). The Morgan fingerprint density at radius 2 is 2.17 bits per heavy atom. The first kappa shape index (κ1) is 16.5. The molecule has 1 amide bonds. The van der Waals surface area contributed by atoms with Gasteiger partial charge in [-0.2, -0.15) is 0 Å². The van der Waals surface area contributed by atoms with Crippen LogP contribution in [0, 0.1) is 13.8 Å². The largest absolute Gasteiger partial charge is 2.00 e. The van der Waals surface area contributed by atoms with E-state index in [0.29, 0.717) is 5.69 Å². The van der Waals surface area contributed by atoms with Crippen molar-refractivity contribution in [3.05, 3.63) is 50.2 Å². The smallest absolute Gasteiger partial charge is 0.446 e. The Labute approximate surface area is 120 Å². The van der Waals surface area contributed by atoms with Gasteiger partial charge in [-0.15, -0.1) is 0 Å². The number of hydrogen-bond acceptors (Lipinski definition) is 3. The molecular formula is C12H14N4OZn. The number of imidazole rings is 1. The number of hydrogen-bond donors (Lipinski definition) is 0. The van der Waals surface area contributed by atoms with Crippen LogP contribution in [0.5, 0.6) is 0 Å². The standard InChI is InChI=1S/C11H11N4O.CH3.Zn/c1-14-8-13-7-10(14)11(16)15(2)9-4-3-5-12-6-9;;/h3-7H,1-2H3;1H3;/q2*-1;+2. The summed E-state index contributed by atoms with van der Waals surface area (Å²) in [5.74, 6) is -0.135. The summed E-state index contributed by atoms with van der Waals surface area (Å²) in [7, 11) is 3.43. The van der Waals surface area contributed by atoms with Crippen LogP contribution < -0.4 is 4.90 Å². The molecule has 0 radical (unpaired) electrons. The van der Waals surface area contributed by atoms with E-state index in [1.54, 1.807) is 37.1 Å². The number of carbonyl (C=O) groups excluding carboxylic acids is 1. The van der Waals surface area contributed by atoms with Gasteiger partial charge in [0.1, 0.15) is 0 Å². The van der Waals surface area contributed by atoms with Crippen molar-refractivity contribution in [3.63, 3.8) is 0 Å². The van der Waals surface area contributed by atoms with E-state index in [0.717, 1.165) is 5.69 Å². The monoisotopic (exact) mass is 294 g/mol. The maximum atomic E-state index is 12.0. The minimum atomic E-state index is -0.135. The molecule has 0 atom stereocenters. The summed E-state index contributed by atoms with van der Waals surface area (Å²) in [5, 5.41) is 0. The molecule has 0 aromatic carbocycles. The van der Waals surface area contributed by atoms with Gasteiger partial charge in [0.2, 0.25) is 5.91 Å². The Balaban J connectivity index is 0.00000144. The zero-order valence-electron chi connectivity index (χ0n) is 10.8. The van der Waals surface area contributed by atoms with Crippen LogP contribution in [0.25, 0.3) is 0 Å². The van der Waals surface area contributed by atoms with Gasteiger partial charge in [0, 0.05) is 19.6 Å². The van der Waals surface area contributed by atoms with Gasteiger partial charge in [0.15, 0.2) is 0 Å². The molecular weight excluding hydrogens is 282 g/mol. The van der Waals surface area contributed by atoms with E-state index in [4.69, 9.17) is 0 Å². The zero-order valence-corrected chi connectivity index (χ0v) is 13.8. The Bertz CT molecular complexity index is 498. The van der Waals surface area contributed by atoms with Gasteiger partial charge in [-0.05, 0) is 24.9 Å². The fourth-order valence-corrected chi connectivity index (χ4v) is 1.36. The molecule has 5 nitrogen and oxygen atoms in total. The van der Waals surface area contributed by atoms with Gasteiger partial charge >= 0.3 is 19.5 Å². The summed E-state index contributed by atoms with van der Waals surface area (Å²) in [5.41, 5.74) is 1.24. The Kier molecular flexibility index (Phi) is 6.41. The van der Waals surface area contributed by atoms with Gasteiger partial charge in [0.05, 0.1) is 11.9 Å². The van der Waals surface area contributed by atoms with Crippen molar-refractivity contribution in [3.8, 4) is 0 Å². The molecule has 0 fully saturated rings. The summed E-state index contributed by atoms with van der Waals surface area (Å²) < 4.78 is 1.56. The van der Waals surface area contributed by atoms with E-state index >= 15 is 0 Å². The molecule has 0 aliphatic rings. The zero-order chi connectivity index (χ0) is 11.5. The van der Waals surface area contributed by atoms with Crippen LogP contribution in [0.1, 0.15) is 10.5 Å². The van der Waals surface area contributed by atoms with Crippen molar-refractivity contribution in [2.24, 2.45) is 7.05 Å². The van der Waals surface area contributed by atoms with Crippen LogP contribution in [0.4, 0.5) is 5.69 Å². The van der Waals surface area contributed by atoms with Gasteiger partial charge in [-0.25, -0.2) is 0 Å². The molecule has 2 heterocycles. The quantitative estimate of drug-likeness (QED) is 0.620. The number of amides is 1. The van der Waals surface area contributed by atoms with E-state index in [9.17, 15) is 4.79 Å². The van der Waals surface area contributed by atoms with Crippen molar-refractivity contribution >= 4 is 11.6 Å². The molecule has 2 aromatic heterocycles. The van der Waals surface area contributed by atoms with E-state index in [-0.39, 0.29) is 32.8 Å². The SMILES string of the molecule is CN(C(=O)c1cn[c-]n1C)c1cccnc1.[CH3-].[Zn+2]. The van der Waals surface area contributed by atoms with E-state index < -0.39 is 0 Å². The molecule has 0 spiro atoms. The first-order valence-corrected chi connectivity index (χ1v) is 4.77. The van der Waals surface area contributed by atoms with Crippen LogP contribution in [0.2, 0.25) is 0 Å². The van der Waals surface area contributed by atoms with Crippen molar-refractivity contribution in [2.45, 2.75) is 0 Å². The number of carbonyl (C=O) groups is 1. The second kappa shape index (κ2) is 7.01. The Morgan fingerprint density at radius 1 is 1.44 bits per heavy atom. The van der Waals surface area contributed by atoms with Crippen LogP contribution in [0.15, 0.2) is 30.7 Å². The minimum Gasteiger partial charge on any atom is -0.446 e. The molecule has 6 heteroatoms. The van der Waals surface area contributed by atoms with Crippen molar-refractivity contribution < 1.29 is 24.3 Å². The number of rotatable bonds is 2. The fourth-order valence-electron chi connectivity index (χ4n) is 1.36. The van der Waals surface area contributed by atoms with Crippen molar-refractivity contribution in [1.29, 1.82) is 0 Å². The molecule has 18 heavy (non-hydrogen) atoms. The maximum absolute atomic E-state index is 12.0. The summed E-state index contributed by atoms with van der Waals surface area (Å²) in [4.78, 5) is 21.3. The molecule has 2 aromatic rings. The number of anilines is 1. The van der Waals surface area contributed by atoms with Crippen LogP contribution in [-0.2, 0) is 26.5 Å². The first-order chi connectivity index (χ1) is 7.70. The average Bonchev–Trinajstić information content (AvgIpc) is 2.75. The molecule has 0 aliphatic carbocycles. The summed E-state index contributed by atoms with van der Waals surface area (Å²) in [6.07, 6.45) is 7.46. The summed E-state index contributed by atoms with van der Waals surface area (Å²) in [6, 6.07) is 3.61. The second-order valence-electron chi connectivity index (χ2n) is 3.38. The summed E-state index contributed by atoms with van der Waals surface area (Å²) in [6.45, 7) is 0. The normalized spacial score (nSPS) is 9.00. The third-order valence-electron chi connectivity index (χ3n) is 2.31. The van der Waals surface area contributed by atoms with E-state index in [1.165, 1.54) is 11.1 Å². The van der Waals surface area contributed by atoms with Crippen LogP contribution in [-0.4, -0.2) is 27.5 Å². The number of nitrogens with zero attached hydrogens (tertiary/aromatic N) is 4. The fraction of sp³-hybridized carbons (Fsp3) is 0.167. The van der Waals surface area contributed by atoms with Gasteiger partial charge < -0.3 is 21.9 Å². The predicted octanol–water partition coefficient (Wildman–Crippen LogP) is 1.34. The van der Waals surface area contributed by atoms with Crippen molar-refractivity contribution in [1.82, 2.24) is 14.5 Å². The maximum Gasteiger partial charge on any atom is 2.00 e. The third kappa shape index (κ3) is 3.23. The third-order valence-corrected chi connectivity index (χ3v) is 2.31. The minimum absolute atomic E-state index is 0. The van der Waals surface area contributed by atoms with Crippen LogP contribution >= 0.6 is 0 Å². The van der Waals surface area contributed by atoms with Crippen LogP contribution in [0.3, 0.4) is 0 Å². The van der Waals surface area contributed by atoms with Gasteiger partial charge in [0.25, 0.3) is 0 Å². The molecule has 0 saturated carbocycles. The number of aromatic nitrogens is 3.